The van der Waals surface area contributed by atoms with Crippen LogP contribution in [-0.2, 0) is 0 Å². The molecule has 1 aliphatic heterocycles. The third-order valence-corrected chi connectivity index (χ3v) is 4.61. The lowest BCUT2D eigenvalue weighted by molar-refractivity contribution is 0.0704. The Bertz CT molecular complexity index is 894. The molecule has 132 valence electrons. The predicted molar refractivity (Wildman–Crippen MR) is 93.9 cm³/mol. The van der Waals surface area contributed by atoms with Gasteiger partial charge in [-0.2, -0.15) is 5.10 Å². The summed E-state index contributed by atoms with van der Waals surface area (Å²) in [4.78, 5) is 23.1. The van der Waals surface area contributed by atoms with E-state index >= 15 is 0 Å². The summed E-state index contributed by atoms with van der Waals surface area (Å²) >= 11 is 0. The monoisotopic (exact) mass is 351 g/mol. The van der Waals surface area contributed by atoms with Crippen molar-refractivity contribution < 1.29 is 9.18 Å². The van der Waals surface area contributed by atoms with Crippen molar-refractivity contribution in [3.63, 3.8) is 0 Å². The number of piperidine rings is 1. The van der Waals surface area contributed by atoms with Crippen LogP contribution in [0.2, 0.25) is 0 Å². The number of hydrogen-bond donors (Lipinski definition) is 1. The SMILES string of the molecule is O=C(c1cccnc1)N1CCC[C@@H](c2nc(-c3ccc(F)cc3)n[nH]2)C1. The minimum Gasteiger partial charge on any atom is -0.338 e. The molecule has 1 saturated heterocycles. The zero-order valence-electron chi connectivity index (χ0n) is 14.1. The molecule has 0 aliphatic carbocycles. The van der Waals surface area contributed by atoms with Gasteiger partial charge >= 0.3 is 0 Å². The average Bonchev–Trinajstić information content (AvgIpc) is 3.19. The van der Waals surface area contributed by atoms with Gasteiger partial charge in [-0.25, -0.2) is 9.37 Å². The molecule has 26 heavy (non-hydrogen) atoms. The maximum atomic E-state index is 13.1. The van der Waals surface area contributed by atoms with E-state index in [0.717, 1.165) is 30.8 Å². The largest absolute Gasteiger partial charge is 0.338 e. The van der Waals surface area contributed by atoms with Crippen molar-refractivity contribution in [2.24, 2.45) is 0 Å². The van der Waals surface area contributed by atoms with E-state index in [1.54, 1.807) is 36.7 Å². The number of likely N-dealkylation sites (tertiary alicyclic amines) is 1. The Morgan fingerprint density at radius 2 is 2.08 bits per heavy atom. The molecule has 1 N–H and O–H groups in total. The minimum atomic E-state index is -0.290. The Morgan fingerprint density at radius 1 is 1.23 bits per heavy atom. The van der Waals surface area contributed by atoms with E-state index in [2.05, 4.69) is 20.2 Å². The zero-order chi connectivity index (χ0) is 17.9. The summed E-state index contributed by atoms with van der Waals surface area (Å²) in [5.41, 5.74) is 1.35. The summed E-state index contributed by atoms with van der Waals surface area (Å²) < 4.78 is 13.1. The highest BCUT2D eigenvalue weighted by Crippen LogP contribution is 2.27. The lowest BCUT2D eigenvalue weighted by Crippen LogP contribution is -2.39. The number of halogens is 1. The number of nitrogens with one attached hydrogen (secondary N) is 1. The number of rotatable bonds is 3. The Balaban J connectivity index is 1.50. The van der Waals surface area contributed by atoms with Crippen molar-refractivity contribution in [2.45, 2.75) is 18.8 Å². The summed E-state index contributed by atoms with van der Waals surface area (Å²) in [7, 11) is 0. The van der Waals surface area contributed by atoms with E-state index in [4.69, 9.17) is 0 Å². The van der Waals surface area contributed by atoms with Crippen LogP contribution in [0.5, 0.6) is 0 Å². The summed E-state index contributed by atoms with van der Waals surface area (Å²) in [6.07, 6.45) is 5.09. The van der Waals surface area contributed by atoms with E-state index in [0.29, 0.717) is 17.9 Å². The molecule has 0 radical (unpaired) electrons. The molecular weight excluding hydrogens is 333 g/mol. The number of aromatic amines is 1. The lowest BCUT2D eigenvalue weighted by Gasteiger charge is -2.31. The van der Waals surface area contributed by atoms with E-state index in [1.165, 1.54) is 12.1 Å². The summed E-state index contributed by atoms with van der Waals surface area (Å²) in [6.45, 7) is 1.31. The third kappa shape index (κ3) is 3.33. The highest BCUT2D eigenvalue weighted by atomic mass is 19.1. The van der Waals surface area contributed by atoms with Gasteiger partial charge in [-0.3, -0.25) is 14.9 Å². The van der Waals surface area contributed by atoms with Gasteiger partial charge < -0.3 is 4.90 Å². The molecular formula is C19H18FN5O. The van der Waals surface area contributed by atoms with Crippen molar-refractivity contribution in [3.8, 4) is 11.4 Å². The van der Waals surface area contributed by atoms with E-state index < -0.39 is 0 Å². The first kappa shape index (κ1) is 16.4. The van der Waals surface area contributed by atoms with Crippen LogP contribution in [0.3, 0.4) is 0 Å². The van der Waals surface area contributed by atoms with Gasteiger partial charge in [-0.1, -0.05) is 0 Å². The van der Waals surface area contributed by atoms with Crippen LogP contribution in [0.25, 0.3) is 11.4 Å². The number of benzene rings is 1. The second kappa shape index (κ2) is 7.03. The third-order valence-electron chi connectivity index (χ3n) is 4.61. The molecule has 1 aliphatic rings. The first-order valence-corrected chi connectivity index (χ1v) is 8.58. The molecule has 0 saturated carbocycles. The van der Waals surface area contributed by atoms with Crippen molar-refractivity contribution in [3.05, 3.63) is 66.0 Å². The lowest BCUT2D eigenvalue weighted by atomic mass is 9.97. The minimum absolute atomic E-state index is 0.0129. The molecule has 2 aromatic heterocycles. The molecule has 3 heterocycles. The number of pyridine rings is 1. The smallest absolute Gasteiger partial charge is 0.255 e. The van der Waals surface area contributed by atoms with Crippen LogP contribution in [0, 0.1) is 5.82 Å². The van der Waals surface area contributed by atoms with Gasteiger partial charge in [-0.05, 0) is 49.2 Å². The Kier molecular flexibility index (Phi) is 4.43. The van der Waals surface area contributed by atoms with Gasteiger partial charge in [0.1, 0.15) is 11.6 Å². The quantitative estimate of drug-likeness (QED) is 0.787. The van der Waals surface area contributed by atoms with Crippen LogP contribution in [-0.4, -0.2) is 44.1 Å². The molecule has 1 amide bonds. The molecule has 3 aromatic rings. The predicted octanol–water partition coefficient (Wildman–Crippen LogP) is 3.03. The summed E-state index contributed by atoms with van der Waals surface area (Å²) in [5.74, 6) is 1.09. The van der Waals surface area contributed by atoms with Gasteiger partial charge in [0.25, 0.3) is 5.91 Å². The second-order valence-corrected chi connectivity index (χ2v) is 6.38. The van der Waals surface area contributed by atoms with E-state index in [-0.39, 0.29) is 17.6 Å². The molecule has 4 rings (SSSR count). The molecule has 1 aromatic carbocycles. The van der Waals surface area contributed by atoms with Crippen LogP contribution in [0.1, 0.15) is 34.9 Å². The number of amides is 1. The van der Waals surface area contributed by atoms with Crippen LogP contribution in [0.4, 0.5) is 4.39 Å². The van der Waals surface area contributed by atoms with Crippen molar-refractivity contribution >= 4 is 5.91 Å². The standard InChI is InChI=1S/C19H18FN5O/c20-16-7-5-13(6-8-16)17-22-18(24-23-17)15-4-2-10-25(12-15)19(26)14-3-1-9-21-11-14/h1,3,5-9,11,15H,2,4,10,12H2,(H,22,23,24)/t15-/m1/s1. The highest BCUT2D eigenvalue weighted by Gasteiger charge is 2.27. The molecule has 0 bridgehead atoms. The first-order chi connectivity index (χ1) is 12.7. The fourth-order valence-corrected chi connectivity index (χ4v) is 3.24. The van der Waals surface area contributed by atoms with Gasteiger partial charge in [0, 0.05) is 37.0 Å². The van der Waals surface area contributed by atoms with Gasteiger partial charge in [0.15, 0.2) is 5.82 Å². The molecule has 1 atom stereocenters. The Labute approximate surface area is 150 Å². The number of carbonyl (C=O) groups is 1. The topological polar surface area (TPSA) is 74.8 Å². The fraction of sp³-hybridized carbons (Fsp3) is 0.263. The zero-order valence-corrected chi connectivity index (χ0v) is 14.1. The summed E-state index contributed by atoms with van der Waals surface area (Å²) in [6, 6.07) is 9.63. The molecule has 0 spiro atoms. The van der Waals surface area contributed by atoms with E-state index in [9.17, 15) is 9.18 Å². The maximum absolute atomic E-state index is 13.1. The molecule has 7 heteroatoms. The van der Waals surface area contributed by atoms with Crippen molar-refractivity contribution in [1.82, 2.24) is 25.1 Å². The van der Waals surface area contributed by atoms with E-state index in [1.807, 2.05) is 4.90 Å². The normalized spacial score (nSPS) is 17.3. The number of hydrogen-bond acceptors (Lipinski definition) is 4. The Morgan fingerprint density at radius 3 is 2.85 bits per heavy atom. The average molecular weight is 351 g/mol. The molecule has 6 nitrogen and oxygen atoms in total. The maximum Gasteiger partial charge on any atom is 0.255 e. The first-order valence-electron chi connectivity index (χ1n) is 8.58. The number of aromatic nitrogens is 4. The number of nitrogens with zero attached hydrogens (tertiary/aromatic N) is 4. The second-order valence-electron chi connectivity index (χ2n) is 6.38. The fourth-order valence-electron chi connectivity index (χ4n) is 3.24. The van der Waals surface area contributed by atoms with Crippen LogP contribution >= 0.6 is 0 Å². The number of carbonyl (C=O) groups excluding carboxylic acids is 1. The van der Waals surface area contributed by atoms with Gasteiger partial charge in [0.05, 0.1) is 5.56 Å². The number of H-pyrrole nitrogens is 1. The highest BCUT2D eigenvalue weighted by molar-refractivity contribution is 5.94. The molecule has 0 unspecified atom stereocenters. The Hall–Kier alpha value is -3.09. The van der Waals surface area contributed by atoms with Gasteiger partial charge in [0.2, 0.25) is 0 Å². The van der Waals surface area contributed by atoms with Crippen molar-refractivity contribution in [2.75, 3.05) is 13.1 Å². The van der Waals surface area contributed by atoms with Crippen LogP contribution < -0.4 is 0 Å². The molecule has 1 fully saturated rings. The van der Waals surface area contributed by atoms with Crippen LogP contribution in [0.15, 0.2) is 48.8 Å². The van der Waals surface area contributed by atoms with Gasteiger partial charge in [-0.15, -0.1) is 0 Å². The van der Waals surface area contributed by atoms with Crippen molar-refractivity contribution in [1.29, 1.82) is 0 Å². The summed E-state index contributed by atoms with van der Waals surface area (Å²) in [5, 5.41) is 7.23.